The second kappa shape index (κ2) is 9.19. The molecule has 7 nitrogen and oxygen atoms in total. The summed E-state index contributed by atoms with van der Waals surface area (Å²) in [6.07, 6.45) is 0.294. The summed E-state index contributed by atoms with van der Waals surface area (Å²) in [6, 6.07) is 17.0. The van der Waals surface area contributed by atoms with E-state index < -0.39 is 17.9 Å². The van der Waals surface area contributed by atoms with E-state index in [4.69, 9.17) is 5.84 Å². The predicted molar refractivity (Wildman–Crippen MR) is 93.2 cm³/mol. The Hall–Kier alpha value is -3.19. The zero-order chi connectivity index (χ0) is 18.1. The molecule has 0 spiro atoms. The maximum Gasteiger partial charge on any atom is 0.256 e. The fourth-order valence-corrected chi connectivity index (χ4v) is 2.26. The van der Waals surface area contributed by atoms with Gasteiger partial charge in [-0.15, -0.1) is 0 Å². The summed E-state index contributed by atoms with van der Waals surface area (Å²) >= 11 is 0. The Bertz CT molecular complexity index is 720. The molecule has 2 aromatic rings. The highest BCUT2D eigenvalue weighted by molar-refractivity contribution is 5.97. The van der Waals surface area contributed by atoms with Crippen molar-refractivity contribution >= 4 is 17.7 Å². The first-order valence-electron chi connectivity index (χ1n) is 7.77. The third-order valence-corrected chi connectivity index (χ3v) is 3.52. The summed E-state index contributed by atoms with van der Waals surface area (Å²) in [4.78, 5) is 35.9. The molecule has 7 heteroatoms. The van der Waals surface area contributed by atoms with Crippen molar-refractivity contribution in [1.82, 2.24) is 16.1 Å². The van der Waals surface area contributed by atoms with Crippen molar-refractivity contribution in [2.24, 2.45) is 5.84 Å². The molecule has 130 valence electrons. The zero-order valence-electron chi connectivity index (χ0n) is 13.6. The number of hydrogen-bond acceptors (Lipinski definition) is 4. The van der Waals surface area contributed by atoms with Gasteiger partial charge in [0.25, 0.3) is 11.8 Å². The van der Waals surface area contributed by atoms with Crippen LogP contribution in [-0.2, 0) is 16.0 Å². The summed E-state index contributed by atoms with van der Waals surface area (Å²) in [5.74, 6) is 3.83. The minimum absolute atomic E-state index is 0.239. The number of carbonyl (C=O) groups excluding carboxylic acids is 3. The highest BCUT2D eigenvalue weighted by Crippen LogP contribution is 2.03. The summed E-state index contributed by atoms with van der Waals surface area (Å²) in [5.41, 5.74) is 3.37. The molecule has 3 amide bonds. The molecule has 0 aliphatic carbocycles. The molecule has 0 bridgehead atoms. The first-order chi connectivity index (χ1) is 12.1. The van der Waals surface area contributed by atoms with Crippen molar-refractivity contribution in [2.45, 2.75) is 12.5 Å². The number of nitrogens with two attached hydrogens (primary N) is 1. The smallest absolute Gasteiger partial charge is 0.256 e. The Kier molecular flexibility index (Phi) is 6.67. The maximum absolute atomic E-state index is 12.1. The van der Waals surface area contributed by atoms with Crippen molar-refractivity contribution in [1.29, 1.82) is 0 Å². The van der Waals surface area contributed by atoms with Gasteiger partial charge >= 0.3 is 0 Å². The highest BCUT2D eigenvalue weighted by atomic mass is 16.2. The lowest BCUT2D eigenvalue weighted by molar-refractivity contribution is -0.128. The predicted octanol–water partition coefficient (Wildman–Crippen LogP) is 0.134. The van der Waals surface area contributed by atoms with Crippen LogP contribution in [0, 0.1) is 0 Å². The number of amides is 3. The van der Waals surface area contributed by atoms with Crippen molar-refractivity contribution in [3.63, 3.8) is 0 Å². The molecule has 0 aliphatic heterocycles. The summed E-state index contributed by atoms with van der Waals surface area (Å²) in [6.45, 7) is -0.239. The van der Waals surface area contributed by atoms with E-state index in [9.17, 15) is 14.4 Å². The van der Waals surface area contributed by atoms with Gasteiger partial charge in [0, 0.05) is 12.0 Å². The molecule has 0 heterocycles. The van der Waals surface area contributed by atoms with Gasteiger partial charge in [0.2, 0.25) is 5.91 Å². The van der Waals surface area contributed by atoms with Crippen LogP contribution in [0.4, 0.5) is 0 Å². The molecule has 1 atom stereocenters. The number of benzene rings is 2. The van der Waals surface area contributed by atoms with E-state index >= 15 is 0 Å². The Morgan fingerprint density at radius 3 is 2.12 bits per heavy atom. The van der Waals surface area contributed by atoms with E-state index in [1.54, 1.807) is 30.3 Å². The van der Waals surface area contributed by atoms with Gasteiger partial charge in [-0.1, -0.05) is 48.5 Å². The minimum atomic E-state index is -0.825. The molecule has 1 unspecified atom stereocenters. The van der Waals surface area contributed by atoms with Crippen LogP contribution in [0.25, 0.3) is 0 Å². The maximum atomic E-state index is 12.1. The zero-order valence-corrected chi connectivity index (χ0v) is 13.6. The van der Waals surface area contributed by atoms with E-state index in [-0.39, 0.29) is 12.5 Å². The summed E-state index contributed by atoms with van der Waals surface area (Å²) in [5, 5.41) is 5.09. The monoisotopic (exact) mass is 340 g/mol. The van der Waals surface area contributed by atoms with Crippen molar-refractivity contribution < 1.29 is 14.4 Å². The summed E-state index contributed by atoms with van der Waals surface area (Å²) < 4.78 is 0. The normalized spacial score (nSPS) is 11.2. The lowest BCUT2D eigenvalue weighted by Crippen LogP contribution is -2.52. The molecule has 2 aromatic carbocycles. The Morgan fingerprint density at radius 2 is 1.52 bits per heavy atom. The van der Waals surface area contributed by atoms with Crippen LogP contribution in [0.3, 0.4) is 0 Å². The molecule has 0 radical (unpaired) electrons. The summed E-state index contributed by atoms with van der Waals surface area (Å²) in [7, 11) is 0. The first-order valence-corrected chi connectivity index (χ1v) is 7.77. The molecule has 0 saturated heterocycles. The lowest BCUT2D eigenvalue weighted by atomic mass is 10.1. The van der Waals surface area contributed by atoms with Crippen molar-refractivity contribution in [3.8, 4) is 0 Å². The fourth-order valence-electron chi connectivity index (χ4n) is 2.26. The third-order valence-electron chi connectivity index (χ3n) is 3.52. The molecule has 0 aromatic heterocycles. The number of hydrogen-bond donors (Lipinski definition) is 4. The van der Waals surface area contributed by atoms with Gasteiger partial charge < -0.3 is 10.6 Å². The number of carbonyl (C=O) groups is 3. The van der Waals surface area contributed by atoms with Gasteiger partial charge in [-0.05, 0) is 17.7 Å². The topological polar surface area (TPSA) is 113 Å². The van der Waals surface area contributed by atoms with Gasteiger partial charge in [-0.25, -0.2) is 5.84 Å². The van der Waals surface area contributed by atoms with Crippen LogP contribution in [0.15, 0.2) is 60.7 Å². The first kappa shape index (κ1) is 18.2. The van der Waals surface area contributed by atoms with E-state index in [1.807, 2.05) is 35.8 Å². The molecule has 2 rings (SSSR count). The molecule has 0 fully saturated rings. The van der Waals surface area contributed by atoms with Crippen LogP contribution in [0.2, 0.25) is 0 Å². The van der Waals surface area contributed by atoms with E-state index in [0.29, 0.717) is 12.0 Å². The van der Waals surface area contributed by atoms with E-state index in [0.717, 1.165) is 5.56 Å². The van der Waals surface area contributed by atoms with Gasteiger partial charge in [-0.3, -0.25) is 19.8 Å². The second-order valence-electron chi connectivity index (χ2n) is 5.37. The highest BCUT2D eigenvalue weighted by Gasteiger charge is 2.20. The molecule has 25 heavy (non-hydrogen) atoms. The Labute approximate surface area is 145 Å². The van der Waals surface area contributed by atoms with Gasteiger partial charge in [-0.2, -0.15) is 0 Å². The average Bonchev–Trinajstić information content (AvgIpc) is 2.66. The SMILES string of the molecule is NNC(=O)C(Cc1ccccc1)NC(=O)CNC(=O)c1ccccc1. The fraction of sp³-hybridized carbons (Fsp3) is 0.167. The largest absolute Gasteiger partial charge is 0.343 e. The average molecular weight is 340 g/mol. The van der Waals surface area contributed by atoms with Crippen LogP contribution in [-0.4, -0.2) is 30.3 Å². The molecular weight excluding hydrogens is 320 g/mol. The van der Waals surface area contributed by atoms with Gasteiger partial charge in [0.1, 0.15) is 6.04 Å². The molecular formula is C18H20N4O3. The number of rotatable bonds is 7. The van der Waals surface area contributed by atoms with Crippen LogP contribution >= 0.6 is 0 Å². The Morgan fingerprint density at radius 1 is 0.920 bits per heavy atom. The quantitative estimate of drug-likeness (QED) is 0.326. The van der Waals surface area contributed by atoms with E-state index in [2.05, 4.69) is 10.6 Å². The van der Waals surface area contributed by atoms with Crippen LogP contribution in [0.1, 0.15) is 15.9 Å². The standard InChI is InChI=1S/C18H20N4O3/c19-22-18(25)15(11-13-7-3-1-4-8-13)21-16(23)12-20-17(24)14-9-5-2-6-10-14/h1-10,15H,11-12,19H2,(H,20,24)(H,21,23)(H,22,25). The van der Waals surface area contributed by atoms with E-state index in [1.165, 1.54) is 0 Å². The van der Waals surface area contributed by atoms with Gasteiger partial charge in [0.05, 0.1) is 6.54 Å². The molecule has 0 aliphatic rings. The van der Waals surface area contributed by atoms with Crippen molar-refractivity contribution in [3.05, 3.63) is 71.8 Å². The molecule has 5 N–H and O–H groups in total. The van der Waals surface area contributed by atoms with Crippen LogP contribution < -0.4 is 21.9 Å². The van der Waals surface area contributed by atoms with Gasteiger partial charge in [0.15, 0.2) is 0 Å². The van der Waals surface area contributed by atoms with Crippen molar-refractivity contribution in [2.75, 3.05) is 6.54 Å². The third kappa shape index (κ3) is 5.74. The number of nitrogens with one attached hydrogen (secondary N) is 3. The minimum Gasteiger partial charge on any atom is -0.343 e. The number of hydrazine groups is 1. The second-order valence-corrected chi connectivity index (χ2v) is 5.37. The van der Waals surface area contributed by atoms with Crippen LogP contribution in [0.5, 0.6) is 0 Å². The Balaban J connectivity index is 1.90. The molecule has 0 saturated carbocycles. The lowest BCUT2D eigenvalue weighted by Gasteiger charge is -2.17.